The molecule has 0 aromatic heterocycles. The van der Waals surface area contributed by atoms with Crippen molar-refractivity contribution in [3.8, 4) is 0 Å². The van der Waals surface area contributed by atoms with E-state index in [1.165, 1.54) is 18.2 Å². The Hall–Kier alpha value is -2.69. The quantitative estimate of drug-likeness (QED) is 0.913. The lowest BCUT2D eigenvalue weighted by molar-refractivity contribution is 0.0936. The van der Waals surface area contributed by atoms with Crippen LogP contribution in [0.3, 0.4) is 0 Å². The van der Waals surface area contributed by atoms with Gasteiger partial charge in [-0.1, -0.05) is 12.1 Å². The fourth-order valence-corrected chi connectivity index (χ4v) is 2.78. The van der Waals surface area contributed by atoms with Gasteiger partial charge in [-0.3, -0.25) is 9.59 Å². The lowest BCUT2D eigenvalue weighted by atomic mass is 10.1. The highest BCUT2D eigenvalue weighted by Crippen LogP contribution is 2.31. The Labute approximate surface area is 127 Å². The fourth-order valence-electron chi connectivity index (χ4n) is 2.78. The van der Waals surface area contributed by atoms with Gasteiger partial charge < -0.3 is 11.1 Å². The second-order valence-corrected chi connectivity index (χ2v) is 5.35. The maximum absolute atomic E-state index is 13.4. The third kappa shape index (κ3) is 2.70. The van der Waals surface area contributed by atoms with Crippen LogP contribution in [-0.4, -0.2) is 11.8 Å². The molecule has 0 saturated heterocycles. The molecule has 112 valence electrons. The van der Waals surface area contributed by atoms with E-state index >= 15 is 0 Å². The lowest BCUT2D eigenvalue weighted by Gasteiger charge is -2.14. The van der Waals surface area contributed by atoms with Crippen molar-refractivity contribution in [3.05, 3.63) is 70.5 Å². The van der Waals surface area contributed by atoms with Crippen molar-refractivity contribution in [1.29, 1.82) is 0 Å². The van der Waals surface area contributed by atoms with Gasteiger partial charge >= 0.3 is 0 Å². The number of rotatable bonds is 3. The Morgan fingerprint density at radius 1 is 1.14 bits per heavy atom. The van der Waals surface area contributed by atoms with Crippen molar-refractivity contribution in [2.24, 2.45) is 5.73 Å². The Bertz CT molecular complexity index is 758. The standard InChI is InChI=1S/C17H15FN2O2/c18-13-6-4-10-5-7-15(14(10)9-13)20-17(22)12-3-1-2-11(8-12)16(19)21/h1-4,6,8-9,15H,5,7H2,(H2,19,21)(H,20,22)/t15-/m1/s1. The van der Waals surface area contributed by atoms with Gasteiger partial charge in [0.05, 0.1) is 6.04 Å². The number of amides is 2. The zero-order valence-electron chi connectivity index (χ0n) is 11.8. The highest BCUT2D eigenvalue weighted by molar-refractivity contribution is 5.99. The van der Waals surface area contributed by atoms with Crippen molar-refractivity contribution >= 4 is 11.8 Å². The van der Waals surface area contributed by atoms with Gasteiger partial charge in [-0.2, -0.15) is 0 Å². The maximum atomic E-state index is 13.4. The molecule has 3 rings (SSSR count). The molecule has 0 unspecified atom stereocenters. The molecule has 2 aromatic carbocycles. The predicted octanol–water partition coefficient (Wildman–Crippen LogP) is 2.34. The van der Waals surface area contributed by atoms with Gasteiger partial charge in [0.25, 0.3) is 5.91 Å². The minimum absolute atomic E-state index is 0.213. The minimum atomic E-state index is -0.581. The smallest absolute Gasteiger partial charge is 0.251 e. The van der Waals surface area contributed by atoms with Crippen molar-refractivity contribution in [2.75, 3.05) is 0 Å². The van der Waals surface area contributed by atoms with Gasteiger partial charge in [-0.15, -0.1) is 0 Å². The molecule has 0 saturated carbocycles. The number of primary amides is 1. The molecule has 1 aliphatic rings. The Kier molecular flexibility index (Phi) is 3.63. The Morgan fingerprint density at radius 2 is 1.91 bits per heavy atom. The first-order chi connectivity index (χ1) is 10.5. The Morgan fingerprint density at radius 3 is 2.68 bits per heavy atom. The van der Waals surface area contributed by atoms with Crippen LogP contribution in [-0.2, 0) is 6.42 Å². The molecule has 0 heterocycles. The first-order valence-corrected chi connectivity index (χ1v) is 7.03. The molecular formula is C17H15FN2O2. The predicted molar refractivity (Wildman–Crippen MR) is 79.9 cm³/mol. The van der Waals surface area contributed by atoms with Crippen LogP contribution in [0.4, 0.5) is 4.39 Å². The van der Waals surface area contributed by atoms with Crippen molar-refractivity contribution < 1.29 is 14.0 Å². The summed E-state index contributed by atoms with van der Waals surface area (Å²) in [5.41, 5.74) is 7.73. The largest absolute Gasteiger partial charge is 0.366 e. The average Bonchev–Trinajstić information content (AvgIpc) is 2.89. The van der Waals surface area contributed by atoms with E-state index in [0.717, 1.165) is 24.0 Å². The summed E-state index contributed by atoms with van der Waals surface area (Å²) in [6, 6.07) is 10.7. The molecule has 0 bridgehead atoms. The molecule has 3 N–H and O–H groups in total. The number of fused-ring (bicyclic) bond motifs is 1. The van der Waals surface area contributed by atoms with Crippen molar-refractivity contribution in [1.82, 2.24) is 5.32 Å². The zero-order valence-corrected chi connectivity index (χ0v) is 11.8. The number of halogens is 1. The van der Waals surface area contributed by atoms with Crippen LogP contribution in [0.25, 0.3) is 0 Å². The molecule has 2 amide bonds. The van der Waals surface area contributed by atoms with E-state index in [4.69, 9.17) is 5.73 Å². The third-order valence-corrected chi connectivity index (χ3v) is 3.90. The number of aryl methyl sites for hydroxylation is 1. The first-order valence-electron chi connectivity index (χ1n) is 7.03. The van der Waals surface area contributed by atoms with Gasteiger partial charge in [-0.05, 0) is 54.3 Å². The van der Waals surface area contributed by atoms with Gasteiger partial charge in [0, 0.05) is 11.1 Å². The number of benzene rings is 2. The van der Waals surface area contributed by atoms with Gasteiger partial charge in [-0.25, -0.2) is 4.39 Å². The number of carbonyl (C=O) groups is 2. The molecule has 0 spiro atoms. The molecule has 4 nitrogen and oxygen atoms in total. The molecular weight excluding hydrogens is 283 g/mol. The van der Waals surface area contributed by atoms with Crippen LogP contribution in [0.1, 0.15) is 44.3 Å². The van der Waals surface area contributed by atoms with Crippen molar-refractivity contribution in [2.45, 2.75) is 18.9 Å². The van der Waals surface area contributed by atoms with Gasteiger partial charge in [0.1, 0.15) is 5.82 Å². The molecule has 1 atom stereocenters. The average molecular weight is 298 g/mol. The van der Waals surface area contributed by atoms with Crippen LogP contribution in [0.2, 0.25) is 0 Å². The summed E-state index contributed by atoms with van der Waals surface area (Å²) >= 11 is 0. The summed E-state index contributed by atoms with van der Waals surface area (Å²) in [6.07, 6.45) is 1.54. The first kappa shape index (κ1) is 14.3. The van der Waals surface area contributed by atoms with Crippen LogP contribution in [0.15, 0.2) is 42.5 Å². The Balaban J connectivity index is 1.80. The summed E-state index contributed by atoms with van der Waals surface area (Å²) in [5, 5.41) is 2.89. The second kappa shape index (κ2) is 5.60. The topological polar surface area (TPSA) is 72.2 Å². The normalized spacial score (nSPS) is 16.1. The van der Waals surface area contributed by atoms with Crippen LogP contribution in [0, 0.1) is 5.82 Å². The summed E-state index contributed by atoms with van der Waals surface area (Å²) in [7, 11) is 0. The SMILES string of the molecule is NC(=O)c1cccc(C(=O)N[C@@H]2CCc3ccc(F)cc32)c1. The van der Waals surface area contributed by atoms with E-state index < -0.39 is 5.91 Å². The maximum Gasteiger partial charge on any atom is 0.251 e. The molecule has 0 fully saturated rings. The van der Waals surface area contributed by atoms with E-state index in [1.54, 1.807) is 24.3 Å². The molecule has 22 heavy (non-hydrogen) atoms. The number of hydrogen-bond donors (Lipinski definition) is 2. The number of hydrogen-bond acceptors (Lipinski definition) is 2. The summed E-state index contributed by atoms with van der Waals surface area (Å²) < 4.78 is 13.4. The second-order valence-electron chi connectivity index (χ2n) is 5.35. The fraction of sp³-hybridized carbons (Fsp3) is 0.176. The van der Waals surface area contributed by atoms with Crippen LogP contribution in [0.5, 0.6) is 0 Å². The lowest BCUT2D eigenvalue weighted by Crippen LogP contribution is -2.27. The number of carbonyl (C=O) groups excluding carboxylic acids is 2. The highest BCUT2D eigenvalue weighted by Gasteiger charge is 2.24. The van der Waals surface area contributed by atoms with Gasteiger partial charge in [0.2, 0.25) is 5.91 Å². The van der Waals surface area contributed by atoms with E-state index in [-0.39, 0.29) is 23.3 Å². The molecule has 5 heteroatoms. The van der Waals surface area contributed by atoms with Crippen LogP contribution < -0.4 is 11.1 Å². The highest BCUT2D eigenvalue weighted by atomic mass is 19.1. The third-order valence-electron chi connectivity index (χ3n) is 3.90. The van der Waals surface area contributed by atoms with E-state index in [2.05, 4.69) is 5.32 Å². The molecule has 0 aliphatic heterocycles. The molecule has 2 aromatic rings. The van der Waals surface area contributed by atoms with Crippen LogP contribution >= 0.6 is 0 Å². The zero-order chi connectivity index (χ0) is 15.7. The summed E-state index contributed by atoms with van der Waals surface area (Å²) in [4.78, 5) is 23.5. The van der Waals surface area contributed by atoms with Gasteiger partial charge in [0.15, 0.2) is 0 Å². The van der Waals surface area contributed by atoms with E-state index in [9.17, 15) is 14.0 Å². The number of nitrogens with one attached hydrogen (secondary N) is 1. The number of nitrogens with two attached hydrogens (primary N) is 1. The summed E-state index contributed by atoms with van der Waals surface area (Å²) in [6.45, 7) is 0. The molecule has 1 aliphatic carbocycles. The summed E-state index contributed by atoms with van der Waals surface area (Å²) in [5.74, 6) is -1.19. The monoisotopic (exact) mass is 298 g/mol. The molecule has 0 radical (unpaired) electrons. The van der Waals surface area contributed by atoms with E-state index in [1.807, 2.05) is 0 Å². The van der Waals surface area contributed by atoms with Crippen molar-refractivity contribution in [3.63, 3.8) is 0 Å². The van der Waals surface area contributed by atoms with E-state index in [0.29, 0.717) is 5.56 Å². The minimum Gasteiger partial charge on any atom is -0.366 e.